The number of nitriles is 2. The third-order valence-electron chi connectivity index (χ3n) is 3.10. The van der Waals surface area contributed by atoms with Crippen LogP contribution in [0.5, 0.6) is 0 Å². The van der Waals surface area contributed by atoms with Crippen molar-refractivity contribution in [3.05, 3.63) is 17.9 Å². The molecule has 0 aliphatic carbocycles. The molecule has 1 aromatic heterocycles. The number of hydrogen-bond acceptors (Lipinski definition) is 6. The molecule has 22 heavy (non-hydrogen) atoms. The zero-order valence-electron chi connectivity index (χ0n) is 13.2. The summed E-state index contributed by atoms with van der Waals surface area (Å²) in [5.74, 6) is 1.17. The molecule has 0 aromatic carbocycles. The number of amidine groups is 1. The smallest absolute Gasteiger partial charge is 0.195 e. The summed E-state index contributed by atoms with van der Waals surface area (Å²) in [7, 11) is 5.13. The van der Waals surface area contributed by atoms with E-state index in [1.54, 1.807) is 14.2 Å². The quantitative estimate of drug-likeness (QED) is 0.572. The van der Waals surface area contributed by atoms with Crippen LogP contribution in [0.2, 0.25) is 0 Å². The lowest BCUT2D eigenvalue weighted by Crippen LogP contribution is -2.36. The van der Waals surface area contributed by atoms with Crippen molar-refractivity contribution in [1.82, 2.24) is 5.32 Å². The van der Waals surface area contributed by atoms with Gasteiger partial charge in [-0.2, -0.15) is 10.5 Å². The van der Waals surface area contributed by atoms with Crippen LogP contribution in [0, 0.1) is 28.6 Å². The first-order valence-electron chi connectivity index (χ1n) is 6.94. The number of rotatable bonds is 8. The molecule has 7 nitrogen and oxygen atoms in total. The van der Waals surface area contributed by atoms with Crippen LogP contribution in [0.3, 0.4) is 0 Å². The molecule has 1 N–H and O–H groups in total. The Hall–Kier alpha value is -2.51. The molecular weight excluding hydrogens is 282 g/mol. The zero-order chi connectivity index (χ0) is 16.4. The van der Waals surface area contributed by atoms with E-state index in [0.29, 0.717) is 25.5 Å². The van der Waals surface area contributed by atoms with Gasteiger partial charge in [-0.25, -0.2) is 0 Å². The highest BCUT2D eigenvalue weighted by Gasteiger charge is 2.13. The van der Waals surface area contributed by atoms with E-state index in [0.717, 1.165) is 18.1 Å². The minimum absolute atomic E-state index is 0.388. The number of methoxy groups -OCH3 is 1. The molecule has 0 aliphatic heterocycles. The molecule has 0 spiro atoms. The van der Waals surface area contributed by atoms with Crippen molar-refractivity contribution in [1.29, 1.82) is 10.5 Å². The Morgan fingerprint density at radius 1 is 1.45 bits per heavy atom. The molecule has 0 amide bonds. The molecule has 7 heteroatoms. The second-order valence-corrected chi connectivity index (χ2v) is 4.63. The fourth-order valence-electron chi connectivity index (χ4n) is 1.83. The first-order valence-corrected chi connectivity index (χ1v) is 6.94. The van der Waals surface area contributed by atoms with Gasteiger partial charge in [0.15, 0.2) is 11.8 Å². The van der Waals surface area contributed by atoms with Gasteiger partial charge in [-0.3, -0.25) is 4.99 Å². The number of nitrogens with zero attached hydrogens (tertiary/aromatic N) is 4. The van der Waals surface area contributed by atoms with Gasteiger partial charge in [-0.15, -0.1) is 0 Å². The van der Waals surface area contributed by atoms with Gasteiger partial charge in [0, 0.05) is 46.8 Å². The minimum Gasteiger partial charge on any atom is -0.445 e. The van der Waals surface area contributed by atoms with Gasteiger partial charge in [0.05, 0.1) is 18.7 Å². The van der Waals surface area contributed by atoms with Gasteiger partial charge in [0.2, 0.25) is 0 Å². The lowest BCUT2D eigenvalue weighted by Gasteiger charge is -2.17. The average Bonchev–Trinajstić information content (AvgIpc) is 3.01. The summed E-state index contributed by atoms with van der Waals surface area (Å²) >= 11 is 0. The van der Waals surface area contributed by atoms with Gasteiger partial charge in [-0.1, -0.05) is 0 Å². The average molecular weight is 303 g/mol. The summed E-state index contributed by atoms with van der Waals surface area (Å²) in [5.41, 5.74) is 0. The van der Waals surface area contributed by atoms with E-state index >= 15 is 0 Å². The van der Waals surface area contributed by atoms with Crippen molar-refractivity contribution in [3.63, 3.8) is 0 Å². The monoisotopic (exact) mass is 303 g/mol. The summed E-state index contributed by atoms with van der Waals surface area (Å²) in [5, 5.41) is 20.7. The fourth-order valence-corrected chi connectivity index (χ4v) is 1.83. The largest absolute Gasteiger partial charge is 0.445 e. The molecular formula is C15H21N5O2. The highest BCUT2D eigenvalue weighted by Crippen LogP contribution is 2.17. The summed E-state index contributed by atoms with van der Waals surface area (Å²) in [6.45, 7) is 1.83. The molecule has 0 bridgehead atoms. The number of anilines is 1. The number of nitrogens with one attached hydrogen (secondary N) is 1. The van der Waals surface area contributed by atoms with E-state index in [1.165, 1.54) is 0 Å². The first kappa shape index (κ1) is 17.5. The van der Waals surface area contributed by atoms with Crippen LogP contribution in [0.1, 0.15) is 5.76 Å². The zero-order valence-corrected chi connectivity index (χ0v) is 13.2. The van der Waals surface area contributed by atoms with Gasteiger partial charge in [0.1, 0.15) is 11.6 Å². The molecule has 0 unspecified atom stereocenters. The maximum Gasteiger partial charge on any atom is 0.195 e. The van der Waals surface area contributed by atoms with Crippen LogP contribution in [0.15, 0.2) is 21.5 Å². The summed E-state index contributed by atoms with van der Waals surface area (Å²) in [6.07, 6.45) is 0.737. The Morgan fingerprint density at radius 2 is 2.18 bits per heavy atom. The number of likely N-dealkylation sites (N-methyl/N-ethyl adjacent to an activating group) is 1. The van der Waals surface area contributed by atoms with Crippen molar-refractivity contribution in [2.24, 2.45) is 10.9 Å². The Labute approximate surface area is 130 Å². The SMILES string of the molecule is CN=C(NCCN(C)c1ccc(CCOC)o1)C(C#N)C#N. The van der Waals surface area contributed by atoms with E-state index in [9.17, 15) is 0 Å². The molecule has 1 heterocycles. The van der Waals surface area contributed by atoms with E-state index in [4.69, 9.17) is 19.7 Å². The Morgan fingerprint density at radius 3 is 2.77 bits per heavy atom. The number of aliphatic imine (C=N–C) groups is 1. The van der Waals surface area contributed by atoms with Crippen molar-refractivity contribution >= 4 is 11.7 Å². The van der Waals surface area contributed by atoms with Gasteiger partial charge in [-0.05, 0) is 6.07 Å². The van der Waals surface area contributed by atoms with E-state index in [2.05, 4.69) is 10.3 Å². The second-order valence-electron chi connectivity index (χ2n) is 4.63. The number of ether oxygens (including phenoxy) is 1. The Balaban J connectivity index is 2.46. The topological polar surface area (TPSA) is 97.6 Å². The summed E-state index contributed by atoms with van der Waals surface area (Å²) < 4.78 is 10.7. The van der Waals surface area contributed by atoms with Crippen LogP contribution >= 0.6 is 0 Å². The van der Waals surface area contributed by atoms with Crippen LogP contribution in [-0.4, -0.2) is 46.7 Å². The van der Waals surface area contributed by atoms with E-state index in [-0.39, 0.29) is 0 Å². The van der Waals surface area contributed by atoms with Crippen LogP contribution in [-0.2, 0) is 11.2 Å². The first-order chi connectivity index (χ1) is 10.7. The molecule has 1 aromatic rings. The number of hydrogen-bond donors (Lipinski definition) is 1. The predicted octanol–water partition coefficient (Wildman–Crippen LogP) is 1.19. The third kappa shape index (κ3) is 5.12. The standard InChI is InChI=1S/C15H21N5O2/c1-18-15(12(10-16)11-17)19-7-8-20(2)14-5-4-13(22-14)6-9-21-3/h4-5,12H,6-9H2,1-3H3,(H,18,19). The van der Waals surface area contributed by atoms with Crippen molar-refractivity contribution in [2.75, 3.05) is 45.8 Å². The molecule has 0 atom stereocenters. The molecule has 0 fully saturated rings. The minimum atomic E-state index is -0.862. The van der Waals surface area contributed by atoms with Gasteiger partial charge in [0.25, 0.3) is 0 Å². The molecule has 118 valence electrons. The maximum atomic E-state index is 8.86. The molecule has 0 aliphatic rings. The van der Waals surface area contributed by atoms with Crippen molar-refractivity contribution < 1.29 is 9.15 Å². The van der Waals surface area contributed by atoms with Gasteiger partial charge < -0.3 is 19.4 Å². The van der Waals surface area contributed by atoms with E-state index in [1.807, 2.05) is 36.2 Å². The predicted molar refractivity (Wildman–Crippen MR) is 83.6 cm³/mol. The molecule has 1 rings (SSSR count). The van der Waals surface area contributed by atoms with Gasteiger partial charge >= 0.3 is 0 Å². The highest BCUT2D eigenvalue weighted by molar-refractivity contribution is 5.88. The molecule has 0 saturated carbocycles. The summed E-state index contributed by atoms with van der Waals surface area (Å²) in [4.78, 5) is 5.89. The van der Waals surface area contributed by atoms with Crippen molar-refractivity contribution in [2.45, 2.75) is 6.42 Å². The van der Waals surface area contributed by atoms with E-state index < -0.39 is 5.92 Å². The normalized spacial score (nSPS) is 11.1. The van der Waals surface area contributed by atoms with Crippen molar-refractivity contribution in [3.8, 4) is 12.1 Å². The molecule has 0 saturated heterocycles. The molecule has 0 radical (unpaired) electrons. The fraction of sp³-hybridized carbons (Fsp3) is 0.533. The highest BCUT2D eigenvalue weighted by atomic mass is 16.5. The Bertz CT molecular complexity index is 553. The maximum absolute atomic E-state index is 8.86. The third-order valence-corrected chi connectivity index (χ3v) is 3.10. The lowest BCUT2D eigenvalue weighted by molar-refractivity contribution is 0.196. The number of furan rings is 1. The van der Waals surface area contributed by atoms with Crippen LogP contribution < -0.4 is 10.2 Å². The summed E-state index contributed by atoms with van der Waals surface area (Å²) in [6, 6.07) is 7.63. The van der Waals surface area contributed by atoms with Crippen LogP contribution in [0.4, 0.5) is 5.88 Å². The Kier molecular flexibility index (Phi) is 7.52. The van der Waals surface area contributed by atoms with Crippen LogP contribution in [0.25, 0.3) is 0 Å². The lowest BCUT2D eigenvalue weighted by atomic mass is 10.2. The second kappa shape index (κ2) is 9.43.